The number of ether oxygens (including phenoxy) is 1. The lowest BCUT2D eigenvalue weighted by molar-refractivity contribution is -0.242. The zero-order valence-corrected chi connectivity index (χ0v) is 23.5. The number of urea groups is 1. The molecule has 0 aromatic rings. The maximum absolute atomic E-state index is 13.1. The number of amides is 2. The Morgan fingerprint density at radius 1 is 1.05 bits per heavy atom. The smallest absolute Gasteiger partial charge is 0.331 e. The van der Waals surface area contributed by atoms with Crippen molar-refractivity contribution in [1.29, 1.82) is 0 Å². The van der Waals surface area contributed by atoms with Crippen LogP contribution in [0, 0.1) is 34.5 Å². The molecule has 3 N–H and O–H groups in total. The second kappa shape index (κ2) is 9.48. The first kappa shape index (κ1) is 26.6. The maximum Gasteiger partial charge on any atom is 0.331 e. The van der Waals surface area contributed by atoms with E-state index in [-0.39, 0.29) is 47.8 Å². The first-order valence-corrected chi connectivity index (χ1v) is 15.1. The molecule has 1 saturated heterocycles. The van der Waals surface area contributed by atoms with Gasteiger partial charge in [0.15, 0.2) is 0 Å². The molecule has 0 bridgehead atoms. The van der Waals surface area contributed by atoms with Gasteiger partial charge in [0.2, 0.25) is 0 Å². The fourth-order valence-electron chi connectivity index (χ4n) is 10.0. The molecule has 6 rings (SSSR count). The molecular weight excluding hydrogens is 482 g/mol. The second-order valence-corrected chi connectivity index (χ2v) is 13.9. The summed E-state index contributed by atoms with van der Waals surface area (Å²) in [5.74, 6) is 0.578. The number of carbonyl (C=O) groups excluding carboxylic acids is 2. The molecule has 2 aliphatic heterocycles. The number of carbonyl (C=O) groups is 2. The van der Waals surface area contributed by atoms with Crippen molar-refractivity contribution in [3.8, 4) is 0 Å². The number of hydrogen-bond donors (Lipinski definition) is 3. The molecule has 9 atom stereocenters. The van der Waals surface area contributed by atoms with Crippen molar-refractivity contribution in [2.24, 2.45) is 34.5 Å². The van der Waals surface area contributed by atoms with Crippen LogP contribution in [0.4, 0.5) is 4.79 Å². The van der Waals surface area contributed by atoms with Crippen molar-refractivity contribution in [2.75, 3.05) is 39.8 Å². The number of aliphatic hydroxyl groups is 2. The lowest BCUT2D eigenvalue weighted by Crippen LogP contribution is -2.67. The first-order chi connectivity index (χ1) is 18.1. The van der Waals surface area contributed by atoms with E-state index < -0.39 is 17.1 Å². The van der Waals surface area contributed by atoms with Gasteiger partial charge >= 0.3 is 12.0 Å². The topological polar surface area (TPSA) is 102 Å². The van der Waals surface area contributed by atoms with Gasteiger partial charge in [0.05, 0.1) is 11.7 Å². The molecule has 0 radical (unpaired) electrons. The highest BCUT2D eigenvalue weighted by Crippen LogP contribution is 2.69. The molecule has 8 heteroatoms. The fourth-order valence-corrected chi connectivity index (χ4v) is 10.0. The molecule has 0 aromatic carbocycles. The van der Waals surface area contributed by atoms with Crippen molar-refractivity contribution in [1.82, 2.24) is 15.1 Å². The highest BCUT2D eigenvalue weighted by molar-refractivity contribution is 5.85. The van der Waals surface area contributed by atoms with Crippen LogP contribution in [0.15, 0.2) is 11.6 Å². The molecule has 2 heterocycles. The fraction of sp³-hybridized carbons (Fsp3) is 0.867. The number of rotatable bonds is 2. The Bertz CT molecular complexity index is 1000. The number of likely N-dealkylation sites (N-methyl/N-ethyl adjacent to an activating group) is 1. The van der Waals surface area contributed by atoms with Gasteiger partial charge in [-0.05, 0) is 106 Å². The SMILES string of the molecule is CN1CCCN(C(=O)N[C@H]2CC[C@@]3(C)[C@H](CC[C@@H]4[C@@H]3C[C@@H](O)[C@]3(C)[C@@H](C5=CC(=O)OC5)CC[C@]43O)C2)CC1. The Kier molecular flexibility index (Phi) is 6.63. The Hall–Kier alpha value is -1.64. The number of hydrogen-bond acceptors (Lipinski definition) is 6. The minimum Gasteiger partial charge on any atom is -0.458 e. The second-order valence-electron chi connectivity index (χ2n) is 13.9. The van der Waals surface area contributed by atoms with E-state index in [0.717, 1.165) is 76.7 Å². The van der Waals surface area contributed by atoms with E-state index in [2.05, 4.69) is 31.1 Å². The molecular formula is C30H47N3O5. The summed E-state index contributed by atoms with van der Waals surface area (Å²) in [6.45, 7) is 8.32. The van der Waals surface area contributed by atoms with Gasteiger partial charge in [-0.15, -0.1) is 0 Å². The summed E-state index contributed by atoms with van der Waals surface area (Å²) in [6, 6.07) is 0.282. The van der Waals surface area contributed by atoms with E-state index in [1.807, 2.05) is 4.90 Å². The van der Waals surface area contributed by atoms with E-state index in [9.17, 15) is 19.8 Å². The number of esters is 1. The quantitative estimate of drug-likeness (QED) is 0.476. The summed E-state index contributed by atoms with van der Waals surface area (Å²) in [5, 5.41) is 27.5. The van der Waals surface area contributed by atoms with Gasteiger partial charge in [-0.2, -0.15) is 0 Å². The van der Waals surface area contributed by atoms with E-state index in [4.69, 9.17) is 4.74 Å². The highest BCUT2D eigenvalue weighted by atomic mass is 16.5. The maximum atomic E-state index is 13.1. The third-order valence-electron chi connectivity index (χ3n) is 12.4. The molecule has 212 valence electrons. The normalized spacial score (nSPS) is 47.3. The molecule has 6 aliphatic rings. The highest BCUT2D eigenvalue weighted by Gasteiger charge is 2.70. The monoisotopic (exact) mass is 529 g/mol. The summed E-state index contributed by atoms with van der Waals surface area (Å²) in [5.41, 5.74) is -0.607. The number of cyclic esters (lactones) is 1. The van der Waals surface area contributed by atoms with E-state index in [0.29, 0.717) is 18.8 Å². The third kappa shape index (κ3) is 3.95. The van der Waals surface area contributed by atoms with Gasteiger partial charge in [0.1, 0.15) is 6.61 Å². The first-order valence-electron chi connectivity index (χ1n) is 15.1. The largest absolute Gasteiger partial charge is 0.458 e. The predicted octanol–water partition coefficient (Wildman–Crippen LogP) is 2.93. The zero-order valence-electron chi connectivity index (χ0n) is 23.5. The lowest BCUT2D eigenvalue weighted by atomic mass is 9.42. The van der Waals surface area contributed by atoms with Gasteiger partial charge < -0.3 is 30.1 Å². The van der Waals surface area contributed by atoms with Crippen LogP contribution in [0.5, 0.6) is 0 Å². The molecule has 2 amide bonds. The van der Waals surface area contributed by atoms with Gasteiger partial charge in [-0.1, -0.05) is 13.8 Å². The van der Waals surface area contributed by atoms with Crippen molar-refractivity contribution >= 4 is 12.0 Å². The van der Waals surface area contributed by atoms with Crippen LogP contribution >= 0.6 is 0 Å². The third-order valence-corrected chi connectivity index (χ3v) is 12.4. The number of nitrogens with zero attached hydrogens (tertiary/aromatic N) is 2. The van der Waals surface area contributed by atoms with Crippen molar-refractivity contribution in [3.63, 3.8) is 0 Å². The van der Waals surface area contributed by atoms with Crippen molar-refractivity contribution < 1.29 is 24.5 Å². The molecule has 38 heavy (non-hydrogen) atoms. The van der Waals surface area contributed by atoms with Gasteiger partial charge in [-0.25, -0.2) is 9.59 Å². The van der Waals surface area contributed by atoms with Crippen LogP contribution in [0.1, 0.15) is 71.6 Å². The number of fused-ring (bicyclic) bond motifs is 5. The summed E-state index contributed by atoms with van der Waals surface area (Å²) in [4.78, 5) is 29.2. The van der Waals surface area contributed by atoms with Gasteiger partial charge in [0.25, 0.3) is 0 Å². The Balaban J connectivity index is 1.16. The van der Waals surface area contributed by atoms with Crippen molar-refractivity contribution in [3.05, 3.63) is 11.6 Å². The van der Waals surface area contributed by atoms with Crippen LogP contribution in [-0.2, 0) is 9.53 Å². The van der Waals surface area contributed by atoms with Crippen LogP contribution < -0.4 is 5.32 Å². The molecule has 0 spiro atoms. The Morgan fingerprint density at radius 2 is 1.87 bits per heavy atom. The molecule has 8 nitrogen and oxygen atoms in total. The van der Waals surface area contributed by atoms with Crippen molar-refractivity contribution in [2.45, 2.75) is 89.4 Å². The minimum absolute atomic E-state index is 0.0230. The van der Waals surface area contributed by atoms with E-state index in [1.54, 1.807) is 6.08 Å². The van der Waals surface area contributed by atoms with Crippen LogP contribution in [0.25, 0.3) is 0 Å². The summed E-state index contributed by atoms with van der Waals surface area (Å²) >= 11 is 0. The summed E-state index contributed by atoms with van der Waals surface area (Å²) in [6.07, 6.45) is 9.13. The predicted molar refractivity (Wildman–Crippen MR) is 143 cm³/mol. The molecule has 4 aliphatic carbocycles. The standard InChI is InChI=1S/C30H47N3O5/c1-28-9-7-21(31-27(36)33-12-4-11-32(3)13-14-33)16-20(28)5-6-23-24(28)17-25(34)29(2)22(8-10-30(23,29)37)19-15-26(35)38-18-19/h15,20-25,34,37H,4-14,16-18H2,1-3H3,(H,31,36)/t20-,21+,22-,23-,24+,25-,28+,29+,30+/m1/s1. The van der Waals surface area contributed by atoms with Crippen LogP contribution in [0.3, 0.4) is 0 Å². The molecule has 0 unspecified atom stereocenters. The number of aliphatic hydroxyl groups excluding tert-OH is 1. The van der Waals surface area contributed by atoms with Gasteiger partial charge in [-0.3, -0.25) is 0 Å². The summed E-state index contributed by atoms with van der Waals surface area (Å²) < 4.78 is 5.22. The van der Waals surface area contributed by atoms with E-state index in [1.165, 1.54) is 0 Å². The average Bonchev–Trinajstić information content (AvgIpc) is 3.34. The van der Waals surface area contributed by atoms with Gasteiger partial charge in [0, 0.05) is 37.2 Å². The van der Waals surface area contributed by atoms with Crippen LogP contribution in [0.2, 0.25) is 0 Å². The molecule has 4 saturated carbocycles. The zero-order chi connectivity index (χ0) is 26.9. The molecule has 0 aromatic heterocycles. The minimum atomic E-state index is -0.939. The Morgan fingerprint density at radius 3 is 2.63 bits per heavy atom. The van der Waals surface area contributed by atoms with E-state index >= 15 is 0 Å². The number of nitrogens with one attached hydrogen (secondary N) is 1. The molecule has 5 fully saturated rings. The van der Waals surface area contributed by atoms with Crippen LogP contribution in [-0.4, -0.2) is 89.6 Å². The average molecular weight is 530 g/mol. The summed E-state index contributed by atoms with van der Waals surface area (Å²) in [7, 11) is 2.12. The lowest BCUT2D eigenvalue weighted by Gasteiger charge is -2.65. The Labute approximate surface area is 227 Å².